The molecule has 0 saturated carbocycles. The Morgan fingerprint density at radius 1 is 1.00 bits per heavy atom. The highest BCUT2D eigenvalue weighted by Gasteiger charge is 2.14. The molecule has 0 spiro atoms. The molecule has 0 aromatic heterocycles. The Labute approximate surface area is 145 Å². The van der Waals surface area contributed by atoms with Crippen molar-refractivity contribution in [3.8, 4) is 11.5 Å². The molecule has 0 fully saturated rings. The van der Waals surface area contributed by atoms with Crippen molar-refractivity contribution >= 4 is 18.0 Å². The molecule has 6 heteroatoms. The summed E-state index contributed by atoms with van der Waals surface area (Å²) >= 11 is 0. The third-order valence-corrected chi connectivity index (χ3v) is 3.51. The SMILES string of the molecule is COc1ccc(/C=C(/NC(=O)c2ccc(C)cc2)C(=O)O)cc1OC. The van der Waals surface area contributed by atoms with Gasteiger partial charge >= 0.3 is 5.97 Å². The highest BCUT2D eigenvalue weighted by Crippen LogP contribution is 2.28. The first kappa shape index (κ1) is 18.1. The summed E-state index contributed by atoms with van der Waals surface area (Å²) in [5.41, 5.74) is 1.71. The number of nitrogens with one attached hydrogen (secondary N) is 1. The van der Waals surface area contributed by atoms with E-state index in [1.165, 1.54) is 20.3 Å². The second-order valence-corrected chi connectivity index (χ2v) is 5.30. The fourth-order valence-electron chi connectivity index (χ4n) is 2.16. The van der Waals surface area contributed by atoms with Crippen LogP contribution in [0.4, 0.5) is 0 Å². The van der Waals surface area contributed by atoms with E-state index in [4.69, 9.17) is 9.47 Å². The first-order valence-corrected chi connectivity index (χ1v) is 7.49. The summed E-state index contributed by atoms with van der Waals surface area (Å²) in [4.78, 5) is 23.7. The maximum absolute atomic E-state index is 12.2. The second kappa shape index (κ2) is 8.01. The number of carboxylic acid groups (broad SMARTS) is 1. The molecule has 2 N–H and O–H groups in total. The van der Waals surface area contributed by atoms with Crippen LogP contribution in [-0.4, -0.2) is 31.2 Å². The minimum atomic E-state index is -1.24. The molecule has 0 heterocycles. The van der Waals surface area contributed by atoms with E-state index >= 15 is 0 Å². The number of carboxylic acids is 1. The van der Waals surface area contributed by atoms with E-state index in [1.807, 2.05) is 6.92 Å². The number of hydrogen-bond donors (Lipinski definition) is 2. The summed E-state index contributed by atoms with van der Waals surface area (Å²) in [5, 5.41) is 11.8. The summed E-state index contributed by atoms with van der Waals surface area (Å²) in [6.07, 6.45) is 1.36. The molecule has 2 aromatic carbocycles. The van der Waals surface area contributed by atoms with Gasteiger partial charge in [0.15, 0.2) is 11.5 Å². The fraction of sp³-hybridized carbons (Fsp3) is 0.158. The van der Waals surface area contributed by atoms with Gasteiger partial charge in [0.05, 0.1) is 14.2 Å². The van der Waals surface area contributed by atoms with Gasteiger partial charge in [0.1, 0.15) is 5.70 Å². The molecule has 130 valence electrons. The van der Waals surface area contributed by atoms with Crippen molar-refractivity contribution in [2.24, 2.45) is 0 Å². The first-order valence-electron chi connectivity index (χ1n) is 7.49. The maximum atomic E-state index is 12.2. The normalized spacial score (nSPS) is 10.9. The molecule has 0 saturated heterocycles. The molecule has 0 radical (unpaired) electrons. The van der Waals surface area contributed by atoms with Crippen LogP contribution in [-0.2, 0) is 4.79 Å². The molecule has 2 rings (SSSR count). The van der Waals surface area contributed by atoms with Crippen LogP contribution in [0.2, 0.25) is 0 Å². The second-order valence-electron chi connectivity index (χ2n) is 5.30. The van der Waals surface area contributed by atoms with Crippen LogP contribution in [0.3, 0.4) is 0 Å². The van der Waals surface area contributed by atoms with Gasteiger partial charge in [-0.05, 0) is 42.8 Å². The lowest BCUT2D eigenvalue weighted by atomic mass is 10.1. The molecule has 1 amide bonds. The van der Waals surface area contributed by atoms with Crippen LogP contribution in [0.25, 0.3) is 6.08 Å². The largest absolute Gasteiger partial charge is 0.493 e. The van der Waals surface area contributed by atoms with Gasteiger partial charge in [0, 0.05) is 5.56 Å². The third-order valence-electron chi connectivity index (χ3n) is 3.51. The van der Waals surface area contributed by atoms with Gasteiger partial charge in [-0.2, -0.15) is 0 Å². The quantitative estimate of drug-likeness (QED) is 0.789. The molecule has 0 aliphatic carbocycles. The van der Waals surface area contributed by atoms with Gasteiger partial charge < -0.3 is 19.9 Å². The highest BCUT2D eigenvalue weighted by molar-refractivity contribution is 6.02. The average Bonchev–Trinajstić information content (AvgIpc) is 2.61. The van der Waals surface area contributed by atoms with E-state index in [2.05, 4.69) is 5.32 Å². The zero-order valence-corrected chi connectivity index (χ0v) is 14.2. The van der Waals surface area contributed by atoms with E-state index in [0.717, 1.165) is 5.56 Å². The Morgan fingerprint density at radius 2 is 1.64 bits per heavy atom. The average molecular weight is 341 g/mol. The number of hydrogen-bond acceptors (Lipinski definition) is 4. The van der Waals surface area contributed by atoms with Crippen LogP contribution < -0.4 is 14.8 Å². The molecule has 0 atom stereocenters. The molecule has 0 aliphatic heterocycles. The van der Waals surface area contributed by atoms with Crippen molar-refractivity contribution in [2.45, 2.75) is 6.92 Å². The molecule has 0 aliphatic rings. The summed E-state index contributed by atoms with van der Waals surface area (Å²) < 4.78 is 10.3. The summed E-state index contributed by atoms with van der Waals surface area (Å²) in [6, 6.07) is 11.8. The summed E-state index contributed by atoms with van der Waals surface area (Å²) in [5.74, 6) is -0.740. The smallest absolute Gasteiger partial charge is 0.352 e. The van der Waals surface area contributed by atoms with Crippen molar-refractivity contribution in [2.75, 3.05) is 14.2 Å². The summed E-state index contributed by atoms with van der Waals surface area (Å²) in [6.45, 7) is 1.90. The number of ether oxygens (including phenoxy) is 2. The van der Waals surface area contributed by atoms with Gasteiger partial charge in [0.2, 0.25) is 0 Å². The Hall–Kier alpha value is -3.28. The minimum Gasteiger partial charge on any atom is -0.493 e. The van der Waals surface area contributed by atoms with Crippen molar-refractivity contribution < 1.29 is 24.2 Å². The molecular formula is C19H19NO5. The number of methoxy groups -OCH3 is 2. The predicted molar refractivity (Wildman–Crippen MR) is 93.8 cm³/mol. The van der Waals surface area contributed by atoms with E-state index in [9.17, 15) is 14.7 Å². The summed E-state index contributed by atoms with van der Waals surface area (Å²) in [7, 11) is 3.00. The molecular weight excluding hydrogens is 322 g/mol. The lowest BCUT2D eigenvalue weighted by molar-refractivity contribution is -0.132. The van der Waals surface area contributed by atoms with Crippen LogP contribution in [0.1, 0.15) is 21.5 Å². The van der Waals surface area contributed by atoms with Crippen molar-refractivity contribution in [1.29, 1.82) is 0 Å². The van der Waals surface area contributed by atoms with Crippen molar-refractivity contribution in [3.05, 3.63) is 64.9 Å². The van der Waals surface area contributed by atoms with Crippen LogP contribution in [0, 0.1) is 6.92 Å². The van der Waals surface area contributed by atoms with Crippen molar-refractivity contribution in [1.82, 2.24) is 5.32 Å². The number of rotatable bonds is 6. The first-order chi connectivity index (χ1) is 11.9. The zero-order chi connectivity index (χ0) is 18.4. The van der Waals surface area contributed by atoms with Gasteiger partial charge in [-0.15, -0.1) is 0 Å². The Balaban J connectivity index is 2.28. The van der Waals surface area contributed by atoms with E-state index in [-0.39, 0.29) is 5.70 Å². The van der Waals surface area contributed by atoms with Gasteiger partial charge in [-0.25, -0.2) is 4.79 Å². The number of carbonyl (C=O) groups excluding carboxylic acids is 1. The molecule has 25 heavy (non-hydrogen) atoms. The lowest BCUT2D eigenvalue weighted by Crippen LogP contribution is -2.27. The zero-order valence-electron chi connectivity index (χ0n) is 14.2. The molecule has 0 unspecified atom stereocenters. The van der Waals surface area contributed by atoms with Gasteiger partial charge in [0.25, 0.3) is 5.91 Å². The Morgan fingerprint density at radius 3 is 2.20 bits per heavy atom. The van der Waals surface area contributed by atoms with Crippen LogP contribution >= 0.6 is 0 Å². The van der Waals surface area contributed by atoms with Crippen LogP contribution in [0.15, 0.2) is 48.2 Å². The maximum Gasteiger partial charge on any atom is 0.352 e. The van der Waals surface area contributed by atoms with Crippen molar-refractivity contribution in [3.63, 3.8) is 0 Å². The Bertz CT molecular complexity index is 809. The van der Waals surface area contributed by atoms with Crippen LogP contribution in [0.5, 0.6) is 11.5 Å². The topological polar surface area (TPSA) is 84.9 Å². The van der Waals surface area contributed by atoms with E-state index in [1.54, 1.807) is 42.5 Å². The number of aryl methyl sites for hydroxylation is 1. The third kappa shape index (κ3) is 4.60. The van der Waals surface area contributed by atoms with Gasteiger partial charge in [-0.3, -0.25) is 4.79 Å². The standard InChI is InChI=1S/C19H19NO5/c1-12-4-7-14(8-5-12)18(21)20-15(19(22)23)10-13-6-9-16(24-2)17(11-13)25-3/h4-11H,1-3H3,(H,20,21)(H,22,23)/b15-10+. The number of carbonyl (C=O) groups is 2. The van der Waals surface area contributed by atoms with Gasteiger partial charge in [-0.1, -0.05) is 23.8 Å². The predicted octanol–water partition coefficient (Wildman–Crippen LogP) is 2.87. The molecule has 0 bridgehead atoms. The monoisotopic (exact) mass is 341 g/mol. The fourth-order valence-corrected chi connectivity index (χ4v) is 2.16. The minimum absolute atomic E-state index is 0.238. The lowest BCUT2D eigenvalue weighted by Gasteiger charge is -2.09. The molecule has 2 aromatic rings. The number of benzene rings is 2. The Kier molecular flexibility index (Phi) is 5.79. The van der Waals surface area contributed by atoms with E-state index in [0.29, 0.717) is 22.6 Å². The number of amides is 1. The number of aliphatic carboxylic acids is 1. The molecule has 6 nitrogen and oxygen atoms in total. The highest BCUT2D eigenvalue weighted by atomic mass is 16.5. The van der Waals surface area contributed by atoms with E-state index < -0.39 is 11.9 Å².